The van der Waals surface area contributed by atoms with Crippen molar-refractivity contribution in [1.82, 2.24) is 0 Å². The molecule has 0 saturated heterocycles. The monoisotopic (exact) mass is 878 g/mol. The predicted molar refractivity (Wildman–Crippen MR) is 264 cm³/mol. The number of halogens is 2. The number of thiophene rings is 1. The number of aryl methyl sites for hydroxylation is 8. The first-order valence-electron chi connectivity index (χ1n) is 21.7. The number of fused-ring (bicyclic) bond motifs is 2. The van der Waals surface area contributed by atoms with Crippen LogP contribution in [0, 0.1) is 39.3 Å². The van der Waals surface area contributed by atoms with Crippen molar-refractivity contribution in [3.8, 4) is 44.3 Å². The highest BCUT2D eigenvalue weighted by Crippen LogP contribution is 2.36. The van der Waals surface area contributed by atoms with Gasteiger partial charge in [0.25, 0.3) is 0 Å². The molecule has 0 aliphatic carbocycles. The molecule has 5 aromatic heterocycles. The maximum atomic E-state index is 13.7. The molecule has 0 atom stereocenters. The third-order valence-corrected chi connectivity index (χ3v) is 13.0. The molecular weight excluding hydrogens is 823 g/mol. The van der Waals surface area contributed by atoms with Gasteiger partial charge in [-0.2, -0.15) is 4.57 Å². The number of aromatic nitrogens is 4. The van der Waals surface area contributed by atoms with Crippen molar-refractivity contribution in [3.05, 3.63) is 228 Å². The van der Waals surface area contributed by atoms with E-state index in [0.717, 1.165) is 11.8 Å². The minimum Gasteiger partial charge on any atom is -0.207 e. The van der Waals surface area contributed by atoms with Crippen molar-refractivity contribution in [2.75, 3.05) is 0 Å². The fourth-order valence-electron chi connectivity index (χ4n) is 8.13. The maximum Gasteiger partial charge on any atom is 0.222 e. The Labute approximate surface area is 386 Å². The number of hydrogen-bond acceptors (Lipinski definition) is 1. The third-order valence-electron chi connectivity index (χ3n) is 11.7. The van der Waals surface area contributed by atoms with Crippen molar-refractivity contribution >= 4 is 32.3 Å². The van der Waals surface area contributed by atoms with Crippen molar-refractivity contribution in [1.29, 1.82) is 0 Å². The molecule has 0 spiro atoms. The van der Waals surface area contributed by atoms with Gasteiger partial charge in [-0.25, -0.2) is 22.5 Å². The minimum absolute atomic E-state index is 0.449. The molecule has 0 unspecified atom stereocenters. The van der Waals surface area contributed by atoms with Gasteiger partial charge in [-0.3, -0.25) is 0 Å². The maximum absolute atomic E-state index is 13.7. The Morgan fingerprint density at radius 1 is 0.431 bits per heavy atom. The molecule has 0 aliphatic rings. The van der Waals surface area contributed by atoms with E-state index < -0.39 is 11.6 Å². The normalized spacial score (nSPS) is 10.6. The summed E-state index contributed by atoms with van der Waals surface area (Å²) < 4.78 is 36.5. The average Bonchev–Trinajstić information content (AvgIpc) is 3.64. The highest BCUT2D eigenvalue weighted by Gasteiger charge is 2.19. The first-order valence-corrected chi connectivity index (χ1v) is 22.5. The standard InChI is InChI=1S/C17H16N.C15H14NS.C13H12F2N.C13H14N/c1-13-7-3-5-9-15(13)17-12-11-14-8-4-6-10-16(14)18(17)2;1-11-12-7-3-4-9-14(12)17-15(11)13-8-5-6-10-16(13)2;1-9-7-10(14)8-11(15)13(9)12-5-3-4-6-16(12)2;1-11-7-3-4-8-12(11)13-9-5-6-10-14(13)2/h3-12H,1-2H3;3-10H,1-2H3;3-8H,1-2H3;3-10H,1-2H3/q4*+1. The predicted octanol–water partition coefficient (Wildman–Crippen LogP) is 12.6. The number of rotatable bonds is 4. The van der Waals surface area contributed by atoms with Gasteiger partial charge in [0.2, 0.25) is 28.3 Å². The SMILES string of the molecule is Cc1c(-c2cccc[n+]2C)sc2ccccc12.Cc1cc(F)cc(F)c1-c1cccc[n+]1C.Cc1ccccc1-c1ccc2ccccc2[n+]1C.Cc1ccccc1-c1cccc[n+]1C. The van der Waals surface area contributed by atoms with Crippen LogP contribution in [0.1, 0.15) is 22.3 Å². The van der Waals surface area contributed by atoms with Crippen LogP contribution in [0.15, 0.2) is 195 Å². The third kappa shape index (κ3) is 10.6. The number of para-hydroxylation sites is 1. The van der Waals surface area contributed by atoms with E-state index in [4.69, 9.17) is 0 Å². The van der Waals surface area contributed by atoms with Gasteiger partial charge in [-0.15, -0.1) is 11.3 Å². The Balaban J connectivity index is 0.000000130. The highest BCUT2D eigenvalue weighted by molar-refractivity contribution is 7.22. The number of nitrogens with zero attached hydrogens (tertiary/aromatic N) is 4. The molecule has 0 aliphatic heterocycles. The summed E-state index contributed by atoms with van der Waals surface area (Å²) in [6.45, 7) is 8.21. The molecule has 10 rings (SSSR count). The van der Waals surface area contributed by atoms with Gasteiger partial charge in [-0.05, 0) is 110 Å². The van der Waals surface area contributed by atoms with Gasteiger partial charge < -0.3 is 0 Å². The smallest absolute Gasteiger partial charge is 0.207 e. The summed E-state index contributed by atoms with van der Waals surface area (Å²) >= 11 is 1.87. The summed E-state index contributed by atoms with van der Waals surface area (Å²) in [5.41, 5.74) is 13.4. The fourth-order valence-corrected chi connectivity index (χ4v) is 9.40. The molecule has 4 nitrogen and oxygen atoms in total. The van der Waals surface area contributed by atoms with E-state index in [1.807, 2.05) is 53.4 Å². The Hall–Kier alpha value is -7.22. The fraction of sp³-hybridized carbons (Fsp3) is 0.138. The van der Waals surface area contributed by atoms with Crippen LogP contribution in [-0.2, 0) is 28.2 Å². The van der Waals surface area contributed by atoms with Crippen LogP contribution < -0.4 is 18.3 Å². The molecule has 0 bridgehead atoms. The van der Waals surface area contributed by atoms with Gasteiger partial charge in [0.1, 0.15) is 44.7 Å². The second-order valence-corrected chi connectivity index (χ2v) is 17.2. The summed E-state index contributed by atoms with van der Waals surface area (Å²) in [5.74, 6) is -1.07. The lowest BCUT2D eigenvalue weighted by Gasteiger charge is -2.05. The van der Waals surface area contributed by atoms with Crippen molar-refractivity contribution < 1.29 is 27.0 Å². The second-order valence-electron chi connectivity index (χ2n) is 16.2. The first-order chi connectivity index (χ1) is 31.4. The largest absolute Gasteiger partial charge is 0.222 e. The van der Waals surface area contributed by atoms with Crippen molar-refractivity contribution in [2.45, 2.75) is 27.7 Å². The zero-order chi connectivity index (χ0) is 46.0. The van der Waals surface area contributed by atoms with E-state index in [2.05, 4.69) is 208 Å². The van der Waals surface area contributed by atoms with Crippen molar-refractivity contribution in [2.24, 2.45) is 28.2 Å². The Bertz CT molecular complexity index is 3180. The Kier molecular flexibility index (Phi) is 14.8. The van der Waals surface area contributed by atoms with Crippen LogP contribution >= 0.6 is 11.3 Å². The molecule has 0 amide bonds. The highest BCUT2D eigenvalue weighted by atomic mass is 32.1. The lowest BCUT2D eigenvalue weighted by molar-refractivity contribution is -0.660. The minimum atomic E-state index is -0.544. The molecular formula is C58H56F2N4S+4. The quantitative estimate of drug-likeness (QED) is 0.157. The molecule has 5 aromatic carbocycles. The molecule has 324 valence electrons. The molecule has 5 heterocycles. The van der Waals surface area contributed by atoms with Crippen LogP contribution in [0.25, 0.3) is 65.3 Å². The summed E-state index contributed by atoms with van der Waals surface area (Å²) in [5, 5.41) is 2.65. The number of benzene rings is 5. The molecule has 0 N–H and O–H groups in total. The molecule has 65 heavy (non-hydrogen) atoms. The average molecular weight is 879 g/mol. The van der Waals surface area contributed by atoms with E-state index in [0.29, 0.717) is 11.1 Å². The summed E-state index contributed by atoms with van der Waals surface area (Å²) in [7, 11) is 8.13. The van der Waals surface area contributed by atoms with Crippen LogP contribution in [0.4, 0.5) is 8.78 Å². The lowest BCUT2D eigenvalue weighted by Crippen LogP contribution is -2.32. The summed E-state index contributed by atoms with van der Waals surface area (Å²) in [6, 6.07) is 58.8. The first kappa shape index (κ1) is 45.8. The van der Waals surface area contributed by atoms with Gasteiger partial charge in [0, 0.05) is 75.8 Å². The molecule has 0 radical (unpaired) electrons. The van der Waals surface area contributed by atoms with Gasteiger partial charge in [0.15, 0.2) is 18.6 Å². The van der Waals surface area contributed by atoms with E-state index in [1.165, 1.54) is 76.8 Å². The summed E-state index contributed by atoms with van der Waals surface area (Å²) in [4.78, 5) is 1.37. The number of hydrogen-bond donors (Lipinski definition) is 0. The molecule has 0 saturated carbocycles. The van der Waals surface area contributed by atoms with Crippen LogP contribution in [0.2, 0.25) is 0 Å². The molecule has 10 aromatic rings. The Morgan fingerprint density at radius 3 is 1.52 bits per heavy atom. The lowest BCUT2D eigenvalue weighted by atomic mass is 10.0. The Morgan fingerprint density at radius 2 is 0.938 bits per heavy atom. The molecule has 7 heteroatoms. The summed E-state index contributed by atoms with van der Waals surface area (Å²) in [6.07, 6.45) is 6.00. The van der Waals surface area contributed by atoms with E-state index >= 15 is 0 Å². The van der Waals surface area contributed by atoms with E-state index in [1.54, 1.807) is 6.92 Å². The van der Waals surface area contributed by atoms with Gasteiger partial charge in [0.05, 0.1) is 5.56 Å². The second kappa shape index (κ2) is 21.0. The van der Waals surface area contributed by atoms with E-state index in [-0.39, 0.29) is 0 Å². The van der Waals surface area contributed by atoms with Gasteiger partial charge in [-0.1, -0.05) is 66.7 Å². The zero-order valence-electron chi connectivity index (χ0n) is 38.4. The van der Waals surface area contributed by atoms with Crippen molar-refractivity contribution in [3.63, 3.8) is 0 Å². The van der Waals surface area contributed by atoms with E-state index in [9.17, 15) is 8.78 Å². The van der Waals surface area contributed by atoms with Gasteiger partial charge >= 0.3 is 0 Å². The zero-order valence-corrected chi connectivity index (χ0v) is 39.2. The molecule has 0 fully saturated rings. The van der Waals surface area contributed by atoms with Crippen LogP contribution in [0.3, 0.4) is 0 Å². The van der Waals surface area contributed by atoms with Crippen LogP contribution in [0.5, 0.6) is 0 Å². The topological polar surface area (TPSA) is 15.5 Å². The number of pyridine rings is 4. The van der Waals surface area contributed by atoms with Crippen LogP contribution in [-0.4, -0.2) is 0 Å².